The number of hydrogen-bond acceptors (Lipinski definition) is 5. The van der Waals surface area contributed by atoms with Crippen molar-refractivity contribution in [3.8, 4) is 0 Å². The first-order chi connectivity index (χ1) is 6.86. The van der Waals surface area contributed by atoms with E-state index in [9.17, 15) is 0 Å². The van der Waals surface area contributed by atoms with Gasteiger partial charge in [-0.05, 0) is 30.1 Å². The monoisotopic (exact) mass is 229 g/mol. The molecule has 2 atom stereocenters. The molecule has 3 nitrogen and oxygen atoms in total. The van der Waals surface area contributed by atoms with Gasteiger partial charge in [-0.15, -0.1) is 5.10 Å². The average Bonchev–Trinajstić information content (AvgIpc) is 2.72. The SMILES string of the molecule is NC(Cc1csnn1)C1CCCCS1. The highest BCUT2D eigenvalue weighted by atomic mass is 32.2. The van der Waals surface area contributed by atoms with Crippen LogP contribution in [0, 0.1) is 0 Å². The molecule has 14 heavy (non-hydrogen) atoms. The molecule has 1 fully saturated rings. The molecule has 0 amide bonds. The van der Waals surface area contributed by atoms with E-state index in [2.05, 4.69) is 9.59 Å². The zero-order valence-electron chi connectivity index (χ0n) is 8.06. The van der Waals surface area contributed by atoms with Gasteiger partial charge in [0.25, 0.3) is 0 Å². The smallest absolute Gasteiger partial charge is 0.0771 e. The van der Waals surface area contributed by atoms with Gasteiger partial charge in [0.2, 0.25) is 0 Å². The zero-order chi connectivity index (χ0) is 9.80. The molecule has 2 unspecified atom stereocenters. The van der Waals surface area contributed by atoms with Crippen molar-refractivity contribution >= 4 is 23.3 Å². The van der Waals surface area contributed by atoms with E-state index in [1.165, 1.54) is 36.5 Å². The summed E-state index contributed by atoms with van der Waals surface area (Å²) in [5.41, 5.74) is 7.21. The van der Waals surface area contributed by atoms with E-state index >= 15 is 0 Å². The molecule has 2 rings (SSSR count). The number of aromatic nitrogens is 2. The lowest BCUT2D eigenvalue weighted by Gasteiger charge is -2.26. The Kier molecular flexibility index (Phi) is 3.78. The lowest BCUT2D eigenvalue weighted by Crippen LogP contribution is -2.36. The first-order valence-electron chi connectivity index (χ1n) is 4.99. The number of nitrogens with two attached hydrogens (primary N) is 1. The molecule has 0 saturated carbocycles. The summed E-state index contributed by atoms with van der Waals surface area (Å²) in [4.78, 5) is 0. The van der Waals surface area contributed by atoms with Gasteiger partial charge in [-0.3, -0.25) is 0 Å². The molecule has 1 aliphatic rings. The quantitative estimate of drug-likeness (QED) is 0.857. The van der Waals surface area contributed by atoms with E-state index in [4.69, 9.17) is 5.73 Å². The number of hydrogen-bond donors (Lipinski definition) is 1. The lowest BCUT2D eigenvalue weighted by molar-refractivity contribution is 0.555. The summed E-state index contributed by atoms with van der Waals surface area (Å²) in [6.07, 6.45) is 4.84. The predicted molar refractivity (Wildman–Crippen MR) is 61.7 cm³/mol. The molecule has 2 heterocycles. The summed E-state index contributed by atoms with van der Waals surface area (Å²) in [6, 6.07) is 0.254. The Morgan fingerprint density at radius 1 is 1.57 bits per heavy atom. The highest BCUT2D eigenvalue weighted by Crippen LogP contribution is 2.27. The fraction of sp³-hybridized carbons (Fsp3) is 0.778. The standard InChI is InChI=1S/C9H15N3S2/c10-8(5-7-6-14-12-11-7)9-3-1-2-4-13-9/h6,8-9H,1-5,10H2. The molecule has 1 aromatic rings. The van der Waals surface area contributed by atoms with Crippen LogP contribution in [0.3, 0.4) is 0 Å². The van der Waals surface area contributed by atoms with E-state index in [0.29, 0.717) is 5.25 Å². The molecule has 0 bridgehead atoms. The molecular formula is C9H15N3S2. The summed E-state index contributed by atoms with van der Waals surface area (Å²) in [7, 11) is 0. The van der Waals surface area contributed by atoms with Crippen molar-refractivity contribution in [2.24, 2.45) is 5.73 Å². The van der Waals surface area contributed by atoms with Crippen molar-refractivity contribution < 1.29 is 0 Å². The van der Waals surface area contributed by atoms with Gasteiger partial charge >= 0.3 is 0 Å². The largest absolute Gasteiger partial charge is 0.326 e. The second-order valence-electron chi connectivity index (χ2n) is 3.67. The molecule has 78 valence electrons. The molecule has 2 N–H and O–H groups in total. The van der Waals surface area contributed by atoms with Gasteiger partial charge in [0.15, 0.2) is 0 Å². The maximum Gasteiger partial charge on any atom is 0.0771 e. The summed E-state index contributed by atoms with van der Waals surface area (Å²) in [5, 5.41) is 6.65. The molecule has 0 aromatic carbocycles. The Morgan fingerprint density at radius 3 is 3.14 bits per heavy atom. The molecule has 1 aliphatic heterocycles. The van der Waals surface area contributed by atoms with Crippen LogP contribution in [0.4, 0.5) is 0 Å². The highest BCUT2D eigenvalue weighted by Gasteiger charge is 2.21. The minimum atomic E-state index is 0.254. The minimum absolute atomic E-state index is 0.254. The summed E-state index contributed by atoms with van der Waals surface area (Å²) in [5.74, 6) is 1.27. The fourth-order valence-corrected chi connectivity index (χ4v) is 3.56. The third-order valence-corrected chi connectivity index (χ3v) is 4.63. The zero-order valence-corrected chi connectivity index (χ0v) is 9.69. The van der Waals surface area contributed by atoms with Gasteiger partial charge in [-0.25, -0.2) is 0 Å². The van der Waals surface area contributed by atoms with Crippen LogP contribution in [0.5, 0.6) is 0 Å². The molecule has 0 aliphatic carbocycles. The van der Waals surface area contributed by atoms with Crippen molar-refractivity contribution in [3.63, 3.8) is 0 Å². The first kappa shape index (κ1) is 10.4. The first-order valence-corrected chi connectivity index (χ1v) is 6.88. The second-order valence-corrected chi connectivity index (χ2v) is 5.63. The average molecular weight is 229 g/mol. The summed E-state index contributed by atoms with van der Waals surface area (Å²) < 4.78 is 3.85. The van der Waals surface area contributed by atoms with E-state index in [0.717, 1.165) is 12.1 Å². The Balaban J connectivity index is 1.85. The predicted octanol–water partition coefficient (Wildman–Crippen LogP) is 1.69. The Morgan fingerprint density at radius 2 is 2.50 bits per heavy atom. The van der Waals surface area contributed by atoms with E-state index in [-0.39, 0.29) is 6.04 Å². The second kappa shape index (κ2) is 5.09. The van der Waals surface area contributed by atoms with Crippen LogP contribution < -0.4 is 5.73 Å². The maximum atomic E-state index is 6.16. The van der Waals surface area contributed by atoms with Crippen molar-refractivity contribution in [1.82, 2.24) is 9.59 Å². The van der Waals surface area contributed by atoms with Gasteiger partial charge in [-0.2, -0.15) is 11.8 Å². The van der Waals surface area contributed by atoms with Gasteiger partial charge in [0, 0.05) is 23.1 Å². The number of rotatable bonds is 3. The van der Waals surface area contributed by atoms with Crippen molar-refractivity contribution in [3.05, 3.63) is 11.1 Å². The van der Waals surface area contributed by atoms with Crippen molar-refractivity contribution in [2.75, 3.05) is 5.75 Å². The third-order valence-electron chi connectivity index (χ3n) is 2.54. The normalized spacial score (nSPS) is 24.8. The van der Waals surface area contributed by atoms with Gasteiger partial charge in [0.1, 0.15) is 0 Å². The van der Waals surface area contributed by atoms with Crippen LogP contribution >= 0.6 is 23.3 Å². The molecular weight excluding hydrogens is 214 g/mol. The van der Waals surface area contributed by atoms with Crippen LogP contribution in [0.25, 0.3) is 0 Å². The maximum absolute atomic E-state index is 6.16. The van der Waals surface area contributed by atoms with Gasteiger partial charge < -0.3 is 5.73 Å². The molecule has 5 heteroatoms. The third kappa shape index (κ3) is 2.68. The fourth-order valence-electron chi connectivity index (χ4n) is 1.75. The topological polar surface area (TPSA) is 51.8 Å². The number of thioether (sulfide) groups is 1. The van der Waals surface area contributed by atoms with Gasteiger partial charge in [0.05, 0.1) is 5.69 Å². The van der Waals surface area contributed by atoms with E-state index in [1.54, 1.807) is 0 Å². The van der Waals surface area contributed by atoms with Crippen molar-refractivity contribution in [1.29, 1.82) is 0 Å². The van der Waals surface area contributed by atoms with Crippen LogP contribution in [0.15, 0.2) is 5.38 Å². The highest BCUT2D eigenvalue weighted by molar-refractivity contribution is 8.00. The van der Waals surface area contributed by atoms with E-state index in [1.807, 2.05) is 17.1 Å². The van der Waals surface area contributed by atoms with Crippen molar-refractivity contribution in [2.45, 2.75) is 37.0 Å². The van der Waals surface area contributed by atoms with Crippen LogP contribution in [-0.4, -0.2) is 26.6 Å². The van der Waals surface area contributed by atoms with E-state index < -0.39 is 0 Å². The lowest BCUT2D eigenvalue weighted by atomic mass is 10.0. The Labute approximate surface area is 92.6 Å². The minimum Gasteiger partial charge on any atom is -0.326 e. The van der Waals surface area contributed by atoms with Crippen LogP contribution in [0.2, 0.25) is 0 Å². The number of nitrogens with zero attached hydrogens (tertiary/aromatic N) is 2. The Hall–Kier alpha value is -0.130. The Bertz CT molecular complexity index is 257. The summed E-state index contributed by atoms with van der Waals surface area (Å²) >= 11 is 3.43. The molecule has 0 spiro atoms. The van der Waals surface area contributed by atoms with Crippen LogP contribution in [0.1, 0.15) is 25.0 Å². The van der Waals surface area contributed by atoms with Crippen LogP contribution in [-0.2, 0) is 6.42 Å². The molecule has 1 aromatic heterocycles. The summed E-state index contributed by atoms with van der Waals surface area (Å²) in [6.45, 7) is 0. The molecule has 1 saturated heterocycles. The van der Waals surface area contributed by atoms with Gasteiger partial charge in [-0.1, -0.05) is 10.9 Å². The molecule has 0 radical (unpaired) electrons.